The van der Waals surface area contributed by atoms with E-state index in [2.05, 4.69) is 9.97 Å². The first-order chi connectivity index (χ1) is 20.0. The van der Waals surface area contributed by atoms with E-state index in [0.717, 1.165) is 36.0 Å². The third kappa shape index (κ3) is 5.55. The summed E-state index contributed by atoms with van der Waals surface area (Å²) in [6.07, 6.45) is -3.91. The number of benzene rings is 1. The number of fused-ring (bicyclic) bond motifs is 2. The third-order valence-electron chi connectivity index (χ3n) is 7.30. The molecule has 1 atom stereocenters. The van der Waals surface area contributed by atoms with Crippen molar-refractivity contribution in [1.29, 1.82) is 0 Å². The summed E-state index contributed by atoms with van der Waals surface area (Å²) in [6.45, 7) is 1.08. The fourth-order valence-electron chi connectivity index (χ4n) is 5.10. The fourth-order valence-corrected chi connectivity index (χ4v) is 6.14. The molecule has 2 aliphatic rings. The molecule has 8 nitrogen and oxygen atoms in total. The standard InChI is InChI=1S/C27H22ClF5N4O4S/c28-21-8-17(29)20(42-21)12-41-25-16(27(31,32)33)7-13-3-5-36(10-19(13)35-25)11-22-34-18-2-1-15(26(38)39)23(30)24(18)37(22)9-14-4-6-40-14/h1-2,7-8,14H,3-6,9-12H2,(H,38,39)/t14-/m0/s1. The summed E-state index contributed by atoms with van der Waals surface area (Å²) >= 11 is 6.66. The van der Waals surface area contributed by atoms with Crippen molar-refractivity contribution in [3.63, 3.8) is 0 Å². The summed E-state index contributed by atoms with van der Waals surface area (Å²) in [4.78, 5) is 22.3. The molecule has 1 fully saturated rings. The van der Waals surface area contributed by atoms with Crippen LogP contribution in [0.25, 0.3) is 11.0 Å². The van der Waals surface area contributed by atoms with Crippen LogP contribution in [-0.4, -0.2) is 49.8 Å². The maximum atomic E-state index is 15.3. The molecule has 0 spiro atoms. The van der Waals surface area contributed by atoms with Gasteiger partial charge in [-0.05, 0) is 36.6 Å². The van der Waals surface area contributed by atoms with Crippen LogP contribution in [0.3, 0.4) is 0 Å². The highest BCUT2D eigenvalue weighted by Gasteiger charge is 2.37. The zero-order valence-electron chi connectivity index (χ0n) is 21.7. The van der Waals surface area contributed by atoms with Crippen molar-refractivity contribution in [2.75, 3.05) is 13.2 Å². The van der Waals surface area contributed by atoms with Crippen molar-refractivity contribution >= 4 is 39.9 Å². The largest absolute Gasteiger partial charge is 0.478 e. The Morgan fingerprint density at radius 1 is 1.24 bits per heavy atom. The molecule has 0 unspecified atom stereocenters. The quantitative estimate of drug-likeness (QED) is 0.237. The number of pyridine rings is 1. The van der Waals surface area contributed by atoms with Gasteiger partial charge in [0.15, 0.2) is 5.82 Å². The second kappa shape index (κ2) is 11.1. The van der Waals surface area contributed by atoms with Crippen LogP contribution in [0.5, 0.6) is 5.88 Å². The van der Waals surface area contributed by atoms with Crippen LogP contribution in [0.1, 0.15) is 44.3 Å². The first kappa shape index (κ1) is 28.8. The first-order valence-electron chi connectivity index (χ1n) is 12.9. The normalized spacial score (nSPS) is 17.3. The molecule has 3 aromatic heterocycles. The van der Waals surface area contributed by atoms with Crippen LogP contribution in [0.15, 0.2) is 24.3 Å². The summed E-state index contributed by atoms with van der Waals surface area (Å²) in [6, 6.07) is 4.69. The molecular weight excluding hydrogens is 607 g/mol. The Bertz CT molecular complexity index is 1690. The number of rotatable bonds is 8. The molecule has 6 rings (SSSR count). The molecule has 0 bridgehead atoms. The lowest BCUT2D eigenvalue weighted by molar-refractivity contribution is -0.139. The van der Waals surface area contributed by atoms with Crippen LogP contribution in [-0.2, 0) is 43.6 Å². The minimum atomic E-state index is -4.74. The van der Waals surface area contributed by atoms with Crippen molar-refractivity contribution in [3.05, 3.63) is 73.3 Å². The Labute approximate surface area is 244 Å². The molecule has 5 heterocycles. The average molecular weight is 629 g/mol. The number of nitrogens with zero attached hydrogens (tertiary/aromatic N) is 4. The Hall–Kier alpha value is -3.33. The van der Waals surface area contributed by atoms with Crippen LogP contribution in [0.2, 0.25) is 4.34 Å². The van der Waals surface area contributed by atoms with Gasteiger partial charge in [0.05, 0.1) is 45.2 Å². The number of alkyl halides is 3. The molecule has 0 amide bonds. The molecular formula is C27H22ClF5N4O4S. The Balaban J connectivity index is 1.29. The Kier molecular flexibility index (Phi) is 7.58. The molecule has 1 aromatic carbocycles. The van der Waals surface area contributed by atoms with E-state index in [4.69, 9.17) is 21.1 Å². The first-order valence-corrected chi connectivity index (χ1v) is 14.1. The van der Waals surface area contributed by atoms with E-state index < -0.39 is 47.4 Å². The van der Waals surface area contributed by atoms with E-state index in [0.29, 0.717) is 30.2 Å². The van der Waals surface area contributed by atoms with Crippen LogP contribution in [0, 0.1) is 11.6 Å². The lowest BCUT2D eigenvalue weighted by Crippen LogP contribution is -2.34. The van der Waals surface area contributed by atoms with Gasteiger partial charge in [0.25, 0.3) is 0 Å². The van der Waals surface area contributed by atoms with Gasteiger partial charge in [-0.15, -0.1) is 11.3 Å². The van der Waals surface area contributed by atoms with E-state index in [1.807, 2.05) is 4.90 Å². The molecule has 1 saturated heterocycles. The van der Waals surface area contributed by atoms with Crippen LogP contribution < -0.4 is 4.74 Å². The summed E-state index contributed by atoms with van der Waals surface area (Å²) in [5.41, 5.74) is -0.414. The molecule has 42 heavy (non-hydrogen) atoms. The highest BCUT2D eigenvalue weighted by atomic mass is 35.5. The second-order valence-electron chi connectivity index (χ2n) is 10.0. The fraction of sp³-hybridized carbons (Fsp3) is 0.370. The second-order valence-corrected chi connectivity index (χ2v) is 11.8. The Morgan fingerprint density at radius 2 is 2.02 bits per heavy atom. The number of carbonyl (C=O) groups is 1. The molecule has 222 valence electrons. The number of aromatic carboxylic acids is 1. The third-order valence-corrected chi connectivity index (χ3v) is 8.51. The number of ether oxygens (including phenoxy) is 2. The topological polar surface area (TPSA) is 89.7 Å². The summed E-state index contributed by atoms with van der Waals surface area (Å²) in [5.74, 6) is -3.18. The number of halogens is 6. The number of hydrogen-bond donors (Lipinski definition) is 1. The van der Waals surface area contributed by atoms with Crippen LogP contribution in [0.4, 0.5) is 22.0 Å². The van der Waals surface area contributed by atoms with Crippen molar-refractivity contribution in [2.24, 2.45) is 0 Å². The van der Waals surface area contributed by atoms with Crippen molar-refractivity contribution in [2.45, 2.75) is 51.4 Å². The maximum Gasteiger partial charge on any atom is 0.421 e. The molecule has 0 radical (unpaired) electrons. The predicted molar refractivity (Wildman–Crippen MR) is 142 cm³/mol. The van der Waals surface area contributed by atoms with E-state index in [1.165, 1.54) is 6.07 Å². The van der Waals surface area contributed by atoms with Gasteiger partial charge in [-0.3, -0.25) is 4.90 Å². The molecule has 2 aliphatic heterocycles. The summed E-state index contributed by atoms with van der Waals surface area (Å²) in [7, 11) is 0. The van der Waals surface area contributed by atoms with Gasteiger partial charge >= 0.3 is 12.1 Å². The maximum absolute atomic E-state index is 15.3. The molecule has 0 saturated carbocycles. The number of carboxylic acid groups (broad SMARTS) is 1. The smallest absolute Gasteiger partial charge is 0.421 e. The van der Waals surface area contributed by atoms with Crippen LogP contribution >= 0.6 is 22.9 Å². The van der Waals surface area contributed by atoms with Gasteiger partial charge in [-0.2, -0.15) is 13.2 Å². The summed E-state index contributed by atoms with van der Waals surface area (Å²) in [5, 5.41) is 9.41. The van der Waals surface area contributed by atoms with Gasteiger partial charge in [-0.1, -0.05) is 11.6 Å². The van der Waals surface area contributed by atoms with Crippen molar-refractivity contribution in [1.82, 2.24) is 19.4 Å². The monoisotopic (exact) mass is 628 g/mol. The number of thiophene rings is 1. The van der Waals surface area contributed by atoms with Gasteiger partial charge in [0.1, 0.15) is 29.3 Å². The number of imidazole rings is 1. The lowest BCUT2D eigenvalue weighted by atomic mass is 10.0. The predicted octanol–water partition coefficient (Wildman–Crippen LogP) is 6.07. The number of aromatic nitrogens is 3. The van der Waals surface area contributed by atoms with E-state index in [1.54, 1.807) is 4.57 Å². The van der Waals surface area contributed by atoms with Gasteiger partial charge in [0.2, 0.25) is 5.88 Å². The summed E-state index contributed by atoms with van der Waals surface area (Å²) < 4.78 is 83.6. The zero-order valence-corrected chi connectivity index (χ0v) is 23.3. The average Bonchev–Trinajstić information content (AvgIpc) is 3.41. The minimum absolute atomic E-state index is 0.0434. The highest BCUT2D eigenvalue weighted by molar-refractivity contribution is 7.16. The van der Waals surface area contributed by atoms with E-state index in [9.17, 15) is 27.5 Å². The van der Waals surface area contributed by atoms with E-state index in [-0.39, 0.29) is 52.4 Å². The van der Waals surface area contributed by atoms with Crippen molar-refractivity contribution in [3.8, 4) is 5.88 Å². The molecule has 15 heteroatoms. The molecule has 0 aliphatic carbocycles. The number of carboxylic acids is 1. The zero-order chi connectivity index (χ0) is 29.8. The number of hydrogen-bond acceptors (Lipinski definition) is 7. The highest BCUT2D eigenvalue weighted by Crippen LogP contribution is 2.38. The lowest BCUT2D eigenvalue weighted by Gasteiger charge is -2.30. The Morgan fingerprint density at radius 3 is 2.67 bits per heavy atom. The minimum Gasteiger partial charge on any atom is -0.478 e. The van der Waals surface area contributed by atoms with Gasteiger partial charge in [0, 0.05) is 25.8 Å². The SMILES string of the molecule is O=C(O)c1ccc2nc(CN3CCc4cc(C(F)(F)F)c(OCc5sc(Cl)cc5F)nc4C3)n(C[C@@H]3CCO3)c2c1F. The van der Waals surface area contributed by atoms with Gasteiger partial charge in [-0.25, -0.2) is 23.5 Å². The van der Waals surface area contributed by atoms with E-state index >= 15 is 4.39 Å². The molecule has 4 aromatic rings. The van der Waals surface area contributed by atoms with Crippen molar-refractivity contribution < 1.29 is 41.3 Å². The van der Waals surface area contributed by atoms with Gasteiger partial charge < -0.3 is 19.1 Å². The molecule has 1 N–H and O–H groups in total.